The summed E-state index contributed by atoms with van der Waals surface area (Å²) in [6.45, 7) is 12.5. The molecule has 2 nitrogen and oxygen atoms in total. The van der Waals surface area contributed by atoms with Crippen molar-refractivity contribution in [1.82, 2.24) is 0 Å². The summed E-state index contributed by atoms with van der Waals surface area (Å²) < 4.78 is 5.84. The van der Waals surface area contributed by atoms with Crippen LogP contribution in [0.1, 0.15) is 53.0 Å². The second-order valence-corrected chi connectivity index (χ2v) is 7.10. The predicted molar refractivity (Wildman–Crippen MR) is 82.7 cm³/mol. The lowest BCUT2D eigenvalue weighted by Crippen LogP contribution is -2.24. The maximum atomic E-state index is 5.84. The third kappa shape index (κ3) is 5.65. The first-order valence-corrected chi connectivity index (χ1v) is 7.18. The van der Waals surface area contributed by atoms with Crippen molar-refractivity contribution in [3.05, 3.63) is 29.8 Å². The van der Waals surface area contributed by atoms with Gasteiger partial charge in [0.25, 0.3) is 0 Å². The Kier molecular flexibility index (Phi) is 5.42. The molecule has 0 aliphatic heterocycles. The van der Waals surface area contributed by atoms with Gasteiger partial charge in [-0.1, -0.05) is 46.8 Å². The van der Waals surface area contributed by atoms with Gasteiger partial charge in [-0.15, -0.1) is 0 Å². The zero-order valence-electron chi connectivity index (χ0n) is 13.1. The van der Waals surface area contributed by atoms with Crippen molar-refractivity contribution < 1.29 is 4.74 Å². The zero-order valence-corrected chi connectivity index (χ0v) is 13.1. The second kappa shape index (κ2) is 6.42. The quantitative estimate of drug-likeness (QED) is 0.783. The van der Waals surface area contributed by atoms with Crippen molar-refractivity contribution in [2.75, 3.05) is 13.2 Å². The fourth-order valence-corrected chi connectivity index (χ4v) is 1.90. The average Bonchev–Trinajstić information content (AvgIpc) is 2.34. The Morgan fingerprint density at radius 2 is 1.79 bits per heavy atom. The van der Waals surface area contributed by atoms with Gasteiger partial charge >= 0.3 is 0 Å². The molecule has 0 aliphatic rings. The molecule has 1 aromatic carbocycles. The van der Waals surface area contributed by atoms with E-state index in [1.54, 1.807) is 0 Å². The van der Waals surface area contributed by atoms with Crippen LogP contribution in [0.4, 0.5) is 0 Å². The summed E-state index contributed by atoms with van der Waals surface area (Å²) in [6.07, 6.45) is 2.15. The van der Waals surface area contributed by atoms with Crippen LogP contribution in [0.3, 0.4) is 0 Å². The molecule has 2 N–H and O–H groups in total. The summed E-state index contributed by atoms with van der Waals surface area (Å²) in [7, 11) is 0. The Labute approximate surface area is 118 Å². The molecule has 0 amide bonds. The van der Waals surface area contributed by atoms with Crippen molar-refractivity contribution in [1.29, 1.82) is 0 Å². The van der Waals surface area contributed by atoms with Gasteiger partial charge < -0.3 is 10.5 Å². The monoisotopic (exact) mass is 263 g/mol. The highest BCUT2D eigenvalue weighted by Gasteiger charge is 2.15. The molecule has 0 fully saturated rings. The first-order chi connectivity index (χ1) is 8.74. The summed E-state index contributed by atoms with van der Waals surface area (Å²) in [5.41, 5.74) is 7.43. The predicted octanol–water partition coefficient (Wildman–Crippen LogP) is 4.13. The summed E-state index contributed by atoms with van der Waals surface area (Å²) >= 11 is 0. The SMILES string of the molecule is CC(C)(CN)CCCOc1cccc(C(C)(C)C)c1. The fourth-order valence-electron chi connectivity index (χ4n) is 1.90. The van der Waals surface area contributed by atoms with Gasteiger partial charge in [-0.05, 0) is 47.9 Å². The molecule has 1 rings (SSSR count). The van der Waals surface area contributed by atoms with Gasteiger partial charge in [0.1, 0.15) is 5.75 Å². The normalized spacial score (nSPS) is 12.5. The highest BCUT2D eigenvalue weighted by atomic mass is 16.5. The number of rotatable bonds is 6. The summed E-state index contributed by atoms with van der Waals surface area (Å²) in [5.74, 6) is 0.970. The van der Waals surface area contributed by atoms with Crippen LogP contribution in [0.5, 0.6) is 5.75 Å². The van der Waals surface area contributed by atoms with Gasteiger partial charge in [0.05, 0.1) is 6.61 Å². The van der Waals surface area contributed by atoms with Crippen LogP contribution in [0.25, 0.3) is 0 Å². The lowest BCUT2D eigenvalue weighted by atomic mass is 9.87. The van der Waals surface area contributed by atoms with Crippen LogP contribution in [-0.4, -0.2) is 13.2 Å². The molecule has 0 bridgehead atoms. The molecular weight excluding hydrogens is 234 g/mol. The van der Waals surface area contributed by atoms with E-state index in [0.717, 1.165) is 31.7 Å². The number of nitrogens with two attached hydrogens (primary N) is 1. The maximum Gasteiger partial charge on any atom is 0.119 e. The van der Waals surface area contributed by atoms with E-state index < -0.39 is 0 Å². The van der Waals surface area contributed by atoms with Crippen molar-refractivity contribution >= 4 is 0 Å². The highest BCUT2D eigenvalue weighted by Crippen LogP contribution is 2.26. The zero-order chi connectivity index (χ0) is 14.5. The van der Waals surface area contributed by atoms with Gasteiger partial charge in [0.15, 0.2) is 0 Å². The van der Waals surface area contributed by atoms with Gasteiger partial charge in [-0.3, -0.25) is 0 Å². The molecule has 0 aromatic heterocycles. The minimum Gasteiger partial charge on any atom is -0.494 e. The number of hydrogen-bond donors (Lipinski definition) is 1. The second-order valence-electron chi connectivity index (χ2n) is 7.10. The molecule has 0 spiro atoms. The van der Waals surface area contributed by atoms with Crippen LogP contribution in [0.2, 0.25) is 0 Å². The third-order valence-electron chi connectivity index (χ3n) is 3.52. The summed E-state index contributed by atoms with van der Waals surface area (Å²) in [5, 5.41) is 0. The van der Waals surface area contributed by atoms with Crippen molar-refractivity contribution in [3.63, 3.8) is 0 Å². The Morgan fingerprint density at radius 1 is 1.11 bits per heavy atom. The summed E-state index contributed by atoms with van der Waals surface area (Å²) in [4.78, 5) is 0. The van der Waals surface area contributed by atoms with Crippen LogP contribution >= 0.6 is 0 Å². The van der Waals surface area contributed by atoms with Crippen LogP contribution in [0, 0.1) is 5.41 Å². The van der Waals surface area contributed by atoms with Gasteiger partial charge in [0.2, 0.25) is 0 Å². The minimum atomic E-state index is 0.168. The Morgan fingerprint density at radius 3 is 2.37 bits per heavy atom. The highest BCUT2D eigenvalue weighted by molar-refractivity contribution is 5.32. The molecule has 19 heavy (non-hydrogen) atoms. The van der Waals surface area contributed by atoms with Crippen molar-refractivity contribution in [2.24, 2.45) is 11.1 Å². The van der Waals surface area contributed by atoms with Gasteiger partial charge in [0, 0.05) is 0 Å². The summed E-state index contributed by atoms with van der Waals surface area (Å²) in [6, 6.07) is 8.40. The van der Waals surface area contributed by atoms with Crippen LogP contribution in [0.15, 0.2) is 24.3 Å². The largest absolute Gasteiger partial charge is 0.494 e. The molecule has 2 heteroatoms. The smallest absolute Gasteiger partial charge is 0.119 e. The standard InChI is InChI=1S/C17H29NO/c1-16(2,3)14-8-6-9-15(12-14)19-11-7-10-17(4,5)13-18/h6,8-9,12H,7,10-11,13,18H2,1-5H3. The van der Waals surface area contributed by atoms with E-state index in [1.165, 1.54) is 5.56 Å². The number of benzene rings is 1. The molecule has 0 unspecified atom stereocenters. The molecule has 1 aromatic rings. The first kappa shape index (κ1) is 16.0. The van der Waals surface area contributed by atoms with Crippen LogP contribution in [-0.2, 0) is 5.41 Å². The first-order valence-electron chi connectivity index (χ1n) is 7.18. The topological polar surface area (TPSA) is 35.2 Å². The van der Waals surface area contributed by atoms with Crippen molar-refractivity contribution in [2.45, 2.75) is 52.9 Å². The molecule has 0 saturated carbocycles. The lowest BCUT2D eigenvalue weighted by molar-refractivity contribution is 0.260. The Hall–Kier alpha value is -1.02. The molecule has 0 aliphatic carbocycles. The third-order valence-corrected chi connectivity index (χ3v) is 3.52. The van der Waals surface area contributed by atoms with E-state index in [0.29, 0.717) is 0 Å². The average molecular weight is 263 g/mol. The van der Waals surface area contributed by atoms with E-state index in [4.69, 9.17) is 10.5 Å². The van der Waals surface area contributed by atoms with Gasteiger partial charge in [-0.2, -0.15) is 0 Å². The molecule has 0 saturated heterocycles. The molecule has 0 radical (unpaired) electrons. The lowest BCUT2D eigenvalue weighted by Gasteiger charge is -2.22. The van der Waals surface area contributed by atoms with E-state index in [9.17, 15) is 0 Å². The minimum absolute atomic E-state index is 0.168. The van der Waals surface area contributed by atoms with Crippen LogP contribution < -0.4 is 10.5 Å². The Bertz CT molecular complexity index is 390. The van der Waals surface area contributed by atoms with E-state index in [2.05, 4.69) is 52.8 Å². The van der Waals surface area contributed by atoms with Crippen molar-refractivity contribution in [3.8, 4) is 5.75 Å². The fraction of sp³-hybridized carbons (Fsp3) is 0.647. The molecule has 0 atom stereocenters. The van der Waals surface area contributed by atoms with Gasteiger partial charge in [-0.25, -0.2) is 0 Å². The maximum absolute atomic E-state index is 5.84. The molecular formula is C17H29NO. The molecule has 108 valence electrons. The molecule has 0 heterocycles. The Balaban J connectivity index is 2.46. The number of hydrogen-bond acceptors (Lipinski definition) is 2. The van der Waals surface area contributed by atoms with E-state index in [1.807, 2.05) is 6.07 Å². The van der Waals surface area contributed by atoms with E-state index >= 15 is 0 Å². The number of ether oxygens (including phenoxy) is 1. The van der Waals surface area contributed by atoms with E-state index in [-0.39, 0.29) is 10.8 Å².